The first-order chi connectivity index (χ1) is 8.69. The van der Waals surface area contributed by atoms with Crippen LogP contribution in [0.25, 0.3) is 0 Å². The number of aliphatic hydroxyl groups is 1. The molecule has 1 aromatic carbocycles. The number of nitrogen functional groups attached to an aromatic ring is 1. The minimum atomic E-state index is -3.76. The van der Waals surface area contributed by atoms with E-state index < -0.39 is 16.1 Å². The van der Waals surface area contributed by atoms with Crippen molar-refractivity contribution in [3.63, 3.8) is 0 Å². The molecule has 5 nitrogen and oxygen atoms in total. The van der Waals surface area contributed by atoms with Gasteiger partial charge >= 0.3 is 0 Å². The van der Waals surface area contributed by atoms with Crippen LogP contribution in [0.5, 0.6) is 0 Å². The Morgan fingerprint density at radius 2 is 1.79 bits per heavy atom. The molecule has 0 aromatic heterocycles. The molecule has 0 aliphatic carbocycles. The Balaban J connectivity index is 3.08. The molecular formula is C11H16Cl2N2O3S. The summed E-state index contributed by atoms with van der Waals surface area (Å²) in [5.41, 5.74) is 5.69. The fourth-order valence-corrected chi connectivity index (χ4v) is 3.32. The third-order valence-corrected chi connectivity index (χ3v) is 5.01. The van der Waals surface area contributed by atoms with Crippen LogP contribution in [-0.4, -0.2) is 26.2 Å². The fraction of sp³-hybridized carbons (Fsp3) is 0.455. The minimum absolute atomic E-state index is 0.0614. The highest BCUT2D eigenvalue weighted by atomic mass is 35.5. The number of nitrogens with one attached hydrogen (secondary N) is 1. The van der Waals surface area contributed by atoms with Gasteiger partial charge < -0.3 is 10.8 Å². The van der Waals surface area contributed by atoms with Crippen LogP contribution in [0.4, 0.5) is 5.69 Å². The standard InChI is InChI=1S/C11H16Cl2N2O3S/c1-6(5-16)7(2)15-19(17,18)8-3-9(12)11(14)10(13)4-8/h3-4,6-7,15-16H,5,14H2,1-2H3. The van der Waals surface area contributed by atoms with Crippen LogP contribution < -0.4 is 10.5 Å². The van der Waals surface area contributed by atoms with Gasteiger partial charge in [-0.15, -0.1) is 0 Å². The number of aliphatic hydroxyl groups excluding tert-OH is 1. The second-order valence-electron chi connectivity index (χ2n) is 4.37. The molecule has 2 unspecified atom stereocenters. The first-order valence-corrected chi connectivity index (χ1v) is 7.80. The minimum Gasteiger partial charge on any atom is -0.396 e. The number of halogens is 2. The Morgan fingerprint density at radius 1 is 1.32 bits per heavy atom. The molecule has 8 heteroatoms. The van der Waals surface area contributed by atoms with Crippen molar-refractivity contribution in [2.75, 3.05) is 12.3 Å². The molecule has 0 amide bonds. The molecule has 0 aliphatic heterocycles. The molecule has 0 saturated heterocycles. The number of rotatable bonds is 5. The van der Waals surface area contributed by atoms with E-state index in [1.54, 1.807) is 13.8 Å². The predicted octanol–water partition coefficient (Wildman–Crippen LogP) is 1.87. The van der Waals surface area contributed by atoms with Gasteiger partial charge in [0.2, 0.25) is 10.0 Å². The SMILES string of the molecule is CC(CO)C(C)NS(=O)(=O)c1cc(Cl)c(N)c(Cl)c1. The van der Waals surface area contributed by atoms with Gasteiger partial charge in [-0.1, -0.05) is 30.1 Å². The number of hydrogen-bond donors (Lipinski definition) is 3. The average Bonchev–Trinajstić information content (AvgIpc) is 2.33. The predicted molar refractivity (Wildman–Crippen MR) is 76.9 cm³/mol. The first-order valence-electron chi connectivity index (χ1n) is 5.56. The molecule has 1 rings (SSSR count). The molecular weight excluding hydrogens is 311 g/mol. The molecule has 0 heterocycles. The van der Waals surface area contributed by atoms with E-state index >= 15 is 0 Å². The van der Waals surface area contributed by atoms with Crippen LogP contribution in [0.1, 0.15) is 13.8 Å². The van der Waals surface area contributed by atoms with Gasteiger partial charge in [-0.3, -0.25) is 0 Å². The van der Waals surface area contributed by atoms with Crippen molar-refractivity contribution in [1.29, 1.82) is 0 Å². The summed E-state index contributed by atoms with van der Waals surface area (Å²) in [6, 6.07) is 2.05. The van der Waals surface area contributed by atoms with Crippen LogP contribution in [-0.2, 0) is 10.0 Å². The fourth-order valence-electron chi connectivity index (χ4n) is 1.30. The van der Waals surface area contributed by atoms with Gasteiger partial charge in [0, 0.05) is 12.6 Å². The molecule has 0 aliphatic rings. The van der Waals surface area contributed by atoms with E-state index in [9.17, 15) is 8.42 Å². The summed E-state index contributed by atoms with van der Waals surface area (Å²) < 4.78 is 26.7. The summed E-state index contributed by atoms with van der Waals surface area (Å²) in [4.78, 5) is -0.0614. The zero-order valence-electron chi connectivity index (χ0n) is 10.5. The molecule has 19 heavy (non-hydrogen) atoms. The van der Waals surface area contributed by atoms with Crippen LogP contribution in [0.15, 0.2) is 17.0 Å². The molecule has 0 bridgehead atoms. The van der Waals surface area contributed by atoms with Gasteiger partial charge in [-0.2, -0.15) is 0 Å². The Morgan fingerprint density at radius 3 is 2.21 bits per heavy atom. The normalized spacial score (nSPS) is 15.2. The largest absolute Gasteiger partial charge is 0.396 e. The van der Waals surface area contributed by atoms with Crippen LogP contribution in [0.2, 0.25) is 10.0 Å². The van der Waals surface area contributed by atoms with E-state index in [1.165, 1.54) is 12.1 Å². The van der Waals surface area contributed by atoms with Crippen molar-refractivity contribution in [2.24, 2.45) is 5.92 Å². The molecule has 2 atom stereocenters. The molecule has 0 fully saturated rings. The van der Waals surface area contributed by atoms with Gasteiger partial charge in [0.1, 0.15) is 0 Å². The number of nitrogens with two attached hydrogens (primary N) is 1. The number of benzene rings is 1. The van der Waals surface area contributed by atoms with Crippen molar-refractivity contribution in [3.05, 3.63) is 22.2 Å². The average molecular weight is 327 g/mol. The summed E-state index contributed by atoms with van der Waals surface area (Å²) in [5.74, 6) is -0.213. The lowest BCUT2D eigenvalue weighted by Crippen LogP contribution is -2.38. The summed E-state index contributed by atoms with van der Waals surface area (Å²) in [5, 5.41) is 9.16. The van der Waals surface area contributed by atoms with Crippen molar-refractivity contribution in [1.82, 2.24) is 4.72 Å². The lowest BCUT2D eigenvalue weighted by Gasteiger charge is -2.19. The van der Waals surface area contributed by atoms with E-state index in [0.717, 1.165) is 0 Å². The van der Waals surface area contributed by atoms with Crippen LogP contribution in [0.3, 0.4) is 0 Å². The monoisotopic (exact) mass is 326 g/mol. The maximum Gasteiger partial charge on any atom is 0.240 e. The summed E-state index contributed by atoms with van der Waals surface area (Å²) in [6.45, 7) is 3.28. The van der Waals surface area contributed by atoms with Crippen molar-refractivity contribution in [3.8, 4) is 0 Å². The second kappa shape index (κ2) is 6.28. The maximum absolute atomic E-state index is 12.1. The zero-order chi connectivity index (χ0) is 14.8. The number of hydrogen-bond acceptors (Lipinski definition) is 4. The zero-order valence-corrected chi connectivity index (χ0v) is 12.9. The molecule has 0 saturated carbocycles. The first kappa shape index (κ1) is 16.5. The van der Waals surface area contributed by atoms with Crippen LogP contribution >= 0.6 is 23.2 Å². The molecule has 0 radical (unpaired) electrons. The Bertz CT molecular complexity index is 540. The quantitative estimate of drug-likeness (QED) is 0.720. The van der Waals surface area contributed by atoms with Crippen LogP contribution in [0, 0.1) is 5.92 Å². The Kier molecular flexibility index (Phi) is 5.46. The Hall–Kier alpha value is -0.530. The van der Waals surface area contributed by atoms with E-state index in [0.29, 0.717) is 0 Å². The molecule has 4 N–H and O–H groups in total. The van der Waals surface area contributed by atoms with Gasteiger partial charge in [0.05, 0.1) is 20.6 Å². The molecule has 0 spiro atoms. The number of sulfonamides is 1. The van der Waals surface area contributed by atoms with Crippen molar-refractivity contribution < 1.29 is 13.5 Å². The topological polar surface area (TPSA) is 92.4 Å². The molecule has 108 valence electrons. The van der Waals surface area contributed by atoms with Gasteiger partial charge in [0.25, 0.3) is 0 Å². The lowest BCUT2D eigenvalue weighted by molar-refractivity contribution is 0.216. The third kappa shape index (κ3) is 3.97. The van der Waals surface area contributed by atoms with Gasteiger partial charge in [-0.25, -0.2) is 13.1 Å². The number of anilines is 1. The van der Waals surface area contributed by atoms with E-state index in [2.05, 4.69) is 4.72 Å². The second-order valence-corrected chi connectivity index (χ2v) is 6.90. The highest BCUT2D eigenvalue weighted by Gasteiger charge is 2.22. The van der Waals surface area contributed by atoms with Gasteiger partial charge in [0.15, 0.2) is 0 Å². The Labute approximate surface area is 122 Å². The van der Waals surface area contributed by atoms with E-state index in [-0.39, 0.29) is 33.2 Å². The summed E-state index contributed by atoms with van der Waals surface area (Å²) >= 11 is 11.6. The van der Waals surface area contributed by atoms with Gasteiger partial charge in [-0.05, 0) is 25.0 Å². The van der Waals surface area contributed by atoms with E-state index in [4.69, 9.17) is 34.0 Å². The summed E-state index contributed by atoms with van der Waals surface area (Å²) in [6.07, 6.45) is 0. The van der Waals surface area contributed by atoms with Crippen molar-refractivity contribution >= 4 is 38.9 Å². The third-order valence-electron chi connectivity index (χ3n) is 2.85. The lowest BCUT2D eigenvalue weighted by atomic mass is 10.1. The van der Waals surface area contributed by atoms with Crippen molar-refractivity contribution in [2.45, 2.75) is 24.8 Å². The highest BCUT2D eigenvalue weighted by molar-refractivity contribution is 7.89. The molecule has 1 aromatic rings. The summed E-state index contributed by atoms with van der Waals surface area (Å²) in [7, 11) is -3.76. The highest BCUT2D eigenvalue weighted by Crippen LogP contribution is 2.30. The maximum atomic E-state index is 12.1. The van der Waals surface area contributed by atoms with E-state index in [1.807, 2.05) is 0 Å². The smallest absolute Gasteiger partial charge is 0.240 e.